The lowest BCUT2D eigenvalue weighted by molar-refractivity contribution is -0.145. The number of aryl methyl sites for hydroxylation is 2. The molecule has 0 saturated carbocycles. The molecule has 53 heavy (non-hydrogen) atoms. The number of amides is 1. The predicted molar refractivity (Wildman–Crippen MR) is 194 cm³/mol. The molecule has 2 heterocycles. The van der Waals surface area contributed by atoms with Crippen LogP contribution in [0.5, 0.6) is 0 Å². The van der Waals surface area contributed by atoms with Gasteiger partial charge < -0.3 is 41.7 Å². The van der Waals surface area contributed by atoms with Crippen LogP contribution in [0.3, 0.4) is 0 Å². The highest BCUT2D eigenvalue weighted by molar-refractivity contribution is 8.76. The van der Waals surface area contributed by atoms with E-state index in [4.69, 9.17) is 5.73 Å². The van der Waals surface area contributed by atoms with Crippen LogP contribution < -0.4 is 16.6 Å². The van der Waals surface area contributed by atoms with Gasteiger partial charge in [0, 0.05) is 36.3 Å². The molecule has 0 aliphatic rings. The molecule has 18 nitrogen and oxygen atoms in total. The number of nitrogens with two attached hydrogens (primary N) is 1. The van der Waals surface area contributed by atoms with Crippen molar-refractivity contribution in [1.29, 1.82) is 0 Å². The summed E-state index contributed by atoms with van der Waals surface area (Å²) in [4.78, 5) is 89.8. The summed E-state index contributed by atoms with van der Waals surface area (Å²) in [6.07, 6.45) is -5.79. The van der Waals surface area contributed by atoms with Gasteiger partial charge in [0.25, 0.3) is 5.56 Å². The molecule has 1 amide bonds. The molecule has 0 radical (unpaired) electrons. The average Bonchev–Trinajstić information content (AvgIpc) is 3.13. The highest BCUT2D eigenvalue weighted by atomic mass is 33.1. The largest absolute Gasteiger partial charge is 0.481 e. The molecule has 0 aliphatic heterocycles. The number of carbonyl (C=O) groups excluding carboxylic acids is 3. The lowest BCUT2D eigenvalue weighted by Gasteiger charge is -2.29. The zero-order valence-electron chi connectivity index (χ0n) is 28.6. The number of aromatic amines is 1. The van der Waals surface area contributed by atoms with Crippen molar-refractivity contribution in [1.82, 2.24) is 25.3 Å². The van der Waals surface area contributed by atoms with Crippen LogP contribution >= 0.6 is 21.6 Å². The first-order chi connectivity index (χ1) is 25.1. The van der Waals surface area contributed by atoms with Gasteiger partial charge in [0.1, 0.15) is 24.4 Å². The number of carboxylic acids is 2. The molecule has 0 bridgehead atoms. The summed E-state index contributed by atoms with van der Waals surface area (Å²) in [7, 11) is 2.58. The molecule has 1 aromatic carbocycles. The number of nitrogens with zero attached hydrogens (tertiary/aromatic N) is 3. The summed E-state index contributed by atoms with van der Waals surface area (Å²) in [5.41, 5.74) is 6.74. The molecule has 0 unspecified atom stereocenters. The number of nitrogens with one attached hydrogen (secondary N) is 2. The van der Waals surface area contributed by atoms with Crippen LogP contribution in [0.25, 0.3) is 11.2 Å². The zero-order chi connectivity index (χ0) is 39.2. The summed E-state index contributed by atoms with van der Waals surface area (Å²) in [5.74, 6) is -7.01. The van der Waals surface area contributed by atoms with E-state index in [1.54, 1.807) is 12.1 Å². The molecule has 0 fully saturated rings. The van der Waals surface area contributed by atoms with Gasteiger partial charge in [-0.05, 0) is 24.8 Å². The van der Waals surface area contributed by atoms with Crippen molar-refractivity contribution in [2.75, 3.05) is 23.8 Å². The van der Waals surface area contributed by atoms with Gasteiger partial charge in [-0.3, -0.25) is 33.8 Å². The highest BCUT2D eigenvalue weighted by Crippen LogP contribution is 2.26. The Morgan fingerprint density at radius 1 is 0.925 bits per heavy atom. The van der Waals surface area contributed by atoms with E-state index in [9.17, 15) is 59.4 Å². The molecule has 288 valence electrons. The summed E-state index contributed by atoms with van der Waals surface area (Å²) < 4.78 is 0. The van der Waals surface area contributed by atoms with Gasteiger partial charge in [0.05, 0.1) is 30.3 Å². The Morgan fingerprint density at radius 3 is 2.23 bits per heavy atom. The maximum atomic E-state index is 13.2. The zero-order valence-corrected chi connectivity index (χ0v) is 30.2. The number of carbonyl (C=O) groups is 5. The quantitative estimate of drug-likeness (QED) is 0.0341. The van der Waals surface area contributed by atoms with E-state index >= 15 is 0 Å². The van der Waals surface area contributed by atoms with Crippen LogP contribution in [-0.4, -0.2) is 122 Å². The van der Waals surface area contributed by atoms with E-state index in [1.165, 1.54) is 39.9 Å². The molecule has 0 saturated heterocycles. The number of carboxylic acid groups (broad SMARTS) is 2. The van der Waals surface area contributed by atoms with E-state index in [-0.39, 0.29) is 34.8 Å². The van der Waals surface area contributed by atoms with Crippen LogP contribution in [0, 0.1) is 11.8 Å². The predicted octanol–water partition coefficient (Wildman–Crippen LogP) is -0.245. The number of aliphatic hydroxyl groups is 4. The second kappa shape index (κ2) is 20.7. The highest BCUT2D eigenvalue weighted by Gasteiger charge is 2.38. The van der Waals surface area contributed by atoms with Crippen LogP contribution in [-0.2, 0) is 32.0 Å². The number of aromatic nitrogens is 4. The first-order valence-electron chi connectivity index (χ1n) is 16.5. The minimum absolute atomic E-state index is 0.0215. The van der Waals surface area contributed by atoms with Crippen molar-refractivity contribution in [3.8, 4) is 0 Å². The van der Waals surface area contributed by atoms with Gasteiger partial charge in [0.15, 0.2) is 22.7 Å². The number of nitrogen functional groups attached to an aromatic ring is 1. The second-order valence-electron chi connectivity index (χ2n) is 12.1. The first-order valence-corrected chi connectivity index (χ1v) is 18.9. The Labute approximate surface area is 310 Å². The number of benzene rings is 1. The van der Waals surface area contributed by atoms with Gasteiger partial charge in [-0.2, -0.15) is 4.98 Å². The third kappa shape index (κ3) is 12.9. The summed E-state index contributed by atoms with van der Waals surface area (Å²) in [6, 6.07) is 4.52. The van der Waals surface area contributed by atoms with Gasteiger partial charge >= 0.3 is 11.9 Å². The number of aliphatic carboxylic acids is 2. The summed E-state index contributed by atoms with van der Waals surface area (Å²) >= 11 is 0. The van der Waals surface area contributed by atoms with E-state index in [2.05, 4.69) is 25.3 Å². The molecule has 20 heteroatoms. The third-order valence-electron chi connectivity index (χ3n) is 8.14. The van der Waals surface area contributed by atoms with E-state index in [0.717, 1.165) is 5.56 Å². The number of Topliss-reactive ketones (excluding diaryl/α,β-unsaturated/α-hetero) is 2. The number of hydrogen-bond donors (Lipinski definition) is 9. The maximum Gasteiger partial charge on any atom is 0.307 e. The molecule has 0 spiro atoms. The number of anilines is 1. The minimum atomic E-state index is -2.15. The third-order valence-corrected chi connectivity index (χ3v) is 10.7. The molecule has 2 aromatic heterocycles. The lowest BCUT2D eigenvalue weighted by Crippen LogP contribution is -2.56. The van der Waals surface area contributed by atoms with Crippen molar-refractivity contribution in [2.45, 2.75) is 69.8 Å². The van der Waals surface area contributed by atoms with E-state index < -0.39 is 97.0 Å². The lowest BCUT2D eigenvalue weighted by atomic mass is 9.91. The van der Waals surface area contributed by atoms with Crippen molar-refractivity contribution in [3.63, 3.8) is 0 Å². The maximum absolute atomic E-state index is 13.2. The fraction of sp³-hybridized carbons (Fsp3) is 0.485. The summed E-state index contributed by atoms with van der Waals surface area (Å²) in [5, 5.41) is 61.5. The fourth-order valence-corrected chi connectivity index (χ4v) is 7.09. The van der Waals surface area contributed by atoms with Crippen LogP contribution in [0.4, 0.5) is 5.95 Å². The van der Waals surface area contributed by atoms with Crippen molar-refractivity contribution in [2.24, 2.45) is 11.8 Å². The number of hydrogen-bond acceptors (Lipinski definition) is 16. The first kappa shape index (κ1) is 42.9. The standard InChI is InChI=1S/C33H42N6O12S2/c1-2-52-53-15-19(32(50)51)12-22(42)25(28(46)27(45)23(43)14-40)37-24(44)10-8-18(31(48)49)11-21(41)17-6-3-16(4-7-17)5-9-20-13-35-29-26(36-20)30(47)39-33(34)38-29/h3-4,6-7,13,18-19,23,25,27-28,40,43,45-46H,2,5,8-12,14-15H2,1H3,(H,37,44)(H,48,49)(H,50,51)(H3,34,35,38,39,47)/t18-,19+,23-,25-,27-,28-/m1/s1. The van der Waals surface area contributed by atoms with Crippen molar-refractivity contribution >= 4 is 68.1 Å². The van der Waals surface area contributed by atoms with Gasteiger partial charge in [-0.1, -0.05) is 52.8 Å². The molecule has 6 atom stereocenters. The Balaban J connectivity index is 1.62. The van der Waals surface area contributed by atoms with Crippen LogP contribution in [0.2, 0.25) is 0 Å². The smallest absolute Gasteiger partial charge is 0.307 e. The van der Waals surface area contributed by atoms with Crippen molar-refractivity contribution < 1.29 is 54.6 Å². The molecule has 3 rings (SSSR count). The average molecular weight is 779 g/mol. The Hall–Kier alpha value is -4.47. The van der Waals surface area contributed by atoms with E-state index in [1.807, 2.05) is 6.92 Å². The molecule has 0 aliphatic carbocycles. The molecular weight excluding hydrogens is 737 g/mol. The molecular formula is C33H42N6O12S2. The number of fused-ring (bicyclic) bond motifs is 1. The second-order valence-corrected chi connectivity index (χ2v) is 14.9. The Bertz CT molecular complexity index is 1810. The summed E-state index contributed by atoms with van der Waals surface area (Å²) in [6.45, 7) is 0.858. The normalized spacial score (nSPS) is 14.8. The monoisotopic (exact) mass is 778 g/mol. The number of rotatable bonds is 23. The SMILES string of the molecule is CCSSC[C@H](CC(=O)[C@@H](NC(=O)CC[C@H](CC(=O)c1ccc(CCc2cnc3nc(N)[nH]c(=O)c3n2)cc1)C(=O)O)[C@@H](O)[C@H](O)[C@H](O)CO)C(=O)O. The number of ketones is 2. The van der Waals surface area contributed by atoms with Crippen LogP contribution in [0.15, 0.2) is 35.3 Å². The van der Waals surface area contributed by atoms with Crippen LogP contribution in [0.1, 0.15) is 54.2 Å². The Kier molecular flexibility index (Phi) is 16.8. The Morgan fingerprint density at radius 2 is 1.60 bits per heavy atom. The molecule has 3 aromatic rings. The van der Waals surface area contributed by atoms with E-state index in [0.29, 0.717) is 24.3 Å². The number of aliphatic hydroxyl groups excluding tert-OH is 4. The topological polar surface area (TPSA) is 316 Å². The van der Waals surface area contributed by atoms with Gasteiger partial charge in [-0.25, -0.2) is 9.97 Å². The minimum Gasteiger partial charge on any atom is -0.481 e. The molecule has 10 N–H and O–H groups in total. The van der Waals surface area contributed by atoms with Crippen molar-refractivity contribution in [3.05, 3.63) is 57.6 Å². The number of H-pyrrole nitrogens is 1. The fourth-order valence-electron chi connectivity index (χ4n) is 5.12. The van der Waals surface area contributed by atoms with Gasteiger partial charge in [0.2, 0.25) is 11.9 Å². The van der Waals surface area contributed by atoms with Gasteiger partial charge in [-0.15, -0.1) is 0 Å².